The molecule has 1 atom stereocenters. The highest BCUT2D eigenvalue weighted by Crippen LogP contribution is 2.18. The predicted octanol–water partition coefficient (Wildman–Crippen LogP) is 2.87. The van der Waals surface area contributed by atoms with Crippen LogP contribution in [-0.2, 0) is 27.9 Å². The van der Waals surface area contributed by atoms with Gasteiger partial charge in [-0.3, -0.25) is 14.2 Å². The maximum Gasteiger partial charge on any atom is 0.331 e. The lowest BCUT2D eigenvalue weighted by Gasteiger charge is -2.12. The van der Waals surface area contributed by atoms with Crippen molar-refractivity contribution in [2.75, 3.05) is 5.32 Å². The molecule has 0 aliphatic carbocycles. The van der Waals surface area contributed by atoms with Crippen molar-refractivity contribution in [3.63, 3.8) is 0 Å². The lowest BCUT2D eigenvalue weighted by atomic mass is 10.2. The third-order valence-electron chi connectivity index (χ3n) is 4.67. The maximum atomic E-state index is 12.3. The van der Waals surface area contributed by atoms with Crippen LogP contribution in [0.25, 0.3) is 6.08 Å². The molecule has 0 radical (unpaired) electrons. The van der Waals surface area contributed by atoms with Crippen molar-refractivity contribution in [1.29, 1.82) is 0 Å². The van der Waals surface area contributed by atoms with Gasteiger partial charge in [-0.05, 0) is 32.4 Å². The second kappa shape index (κ2) is 9.21. The molecule has 0 fully saturated rings. The van der Waals surface area contributed by atoms with Crippen LogP contribution >= 0.6 is 0 Å². The summed E-state index contributed by atoms with van der Waals surface area (Å²) in [5, 5.41) is 11.3. The summed E-state index contributed by atoms with van der Waals surface area (Å²) in [5.74, 6) is -1.01. The molecule has 0 bridgehead atoms. The summed E-state index contributed by atoms with van der Waals surface area (Å²) >= 11 is 0. The van der Waals surface area contributed by atoms with Crippen LogP contribution in [0.2, 0.25) is 0 Å². The van der Waals surface area contributed by atoms with Gasteiger partial charge in [0.25, 0.3) is 5.91 Å². The predicted molar refractivity (Wildman–Crippen MR) is 114 cm³/mol. The lowest BCUT2D eigenvalue weighted by Crippen LogP contribution is -2.29. The van der Waals surface area contributed by atoms with E-state index in [1.807, 2.05) is 43.5 Å². The number of hydrogen-bond acceptors (Lipinski definition) is 5. The first-order chi connectivity index (χ1) is 14.3. The average Bonchev–Trinajstić information content (AvgIpc) is 3.26. The second-order valence-electron chi connectivity index (χ2n) is 7.03. The molecule has 30 heavy (non-hydrogen) atoms. The van der Waals surface area contributed by atoms with E-state index in [1.54, 1.807) is 35.6 Å². The van der Waals surface area contributed by atoms with Gasteiger partial charge in [-0.25, -0.2) is 4.79 Å². The van der Waals surface area contributed by atoms with Gasteiger partial charge in [0, 0.05) is 24.9 Å². The van der Waals surface area contributed by atoms with E-state index in [1.165, 1.54) is 13.0 Å². The standard InChI is InChI=1S/C22H25N5O3/c1-15-21(16(2)26(4)25-15)24-22(29)17(3)30-20(28)11-10-19-12-23-27(14-19)13-18-8-6-5-7-9-18/h5-12,14,17H,13H2,1-4H3,(H,24,29)/b11-10+/t17-/m0/s1. The monoisotopic (exact) mass is 407 g/mol. The Kier molecular flexibility index (Phi) is 6.46. The first-order valence-electron chi connectivity index (χ1n) is 9.59. The van der Waals surface area contributed by atoms with E-state index in [-0.39, 0.29) is 0 Å². The van der Waals surface area contributed by atoms with Gasteiger partial charge in [-0.2, -0.15) is 10.2 Å². The Morgan fingerprint density at radius 3 is 2.63 bits per heavy atom. The Balaban J connectivity index is 1.53. The fraction of sp³-hybridized carbons (Fsp3) is 0.273. The number of benzene rings is 1. The van der Waals surface area contributed by atoms with Gasteiger partial charge < -0.3 is 10.1 Å². The quantitative estimate of drug-likeness (QED) is 0.480. The third kappa shape index (κ3) is 5.22. The number of hydrogen-bond donors (Lipinski definition) is 1. The van der Waals surface area contributed by atoms with Crippen LogP contribution in [0.1, 0.15) is 29.4 Å². The molecule has 1 amide bonds. The molecule has 8 heteroatoms. The number of carbonyl (C=O) groups is 2. The van der Waals surface area contributed by atoms with Crippen LogP contribution in [0.3, 0.4) is 0 Å². The summed E-state index contributed by atoms with van der Waals surface area (Å²) in [6.45, 7) is 5.83. The minimum absolute atomic E-state index is 0.411. The fourth-order valence-electron chi connectivity index (χ4n) is 2.93. The second-order valence-corrected chi connectivity index (χ2v) is 7.03. The molecule has 0 saturated carbocycles. The van der Waals surface area contributed by atoms with Gasteiger partial charge in [-0.1, -0.05) is 30.3 Å². The van der Waals surface area contributed by atoms with Crippen LogP contribution in [0.4, 0.5) is 5.69 Å². The number of nitrogens with zero attached hydrogens (tertiary/aromatic N) is 4. The summed E-state index contributed by atoms with van der Waals surface area (Å²) in [6.07, 6.45) is 5.45. The minimum atomic E-state index is -0.943. The fourth-order valence-corrected chi connectivity index (χ4v) is 2.93. The molecular weight excluding hydrogens is 382 g/mol. The first kappa shape index (κ1) is 21.0. The summed E-state index contributed by atoms with van der Waals surface area (Å²) in [5.41, 5.74) is 4.06. The highest BCUT2D eigenvalue weighted by molar-refractivity contribution is 5.97. The summed E-state index contributed by atoms with van der Waals surface area (Å²) in [4.78, 5) is 24.4. The number of aryl methyl sites for hydroxylation is 2. The van der Waals surface area contributed by atoms with Gasteiger partial charge in [-0.15, -0.1) is 0 Å². The molecule has 8 nitrogen and oxygen atoms in total. The van der Waals surface area contributed by atoms with E-state index in [0.29, 0.717) is 17.9 Å². The van der Waals surface area contributed by atoms with Crippen LogP contribution < -0.4 is 5.32 Å². The van der Waals surface area contributed by atoms with Crippen molar-refractivity contribution < 1.29 is 14.3 Å². The molecule has 0 aliphatic heterocycles. The Hall–Kier alpha value is -3.68. The van der Waals surface area contributed by atoms with E-state index in [0.717, 1.165) is 16.8 Å². The van der Waals surface area contributed by atoms with Crippen molar-refractivity contribution in [2.45, 2.75) is 33.4 Å². The molecule has 0 unspecified atom stereocenters. The molecule has 0 spiro atoms. The number of esters is 1. The van der Waals surface area contributed by atoms with Crippen LogP contribution in [0.5, 0.6) is 0 Å². The zero-order chi connectivity index (χ0) is 21.7. The van der Waals surface area contributed by atoms with Crippen molar-refractivity contribution in [1.82, 2.24) is 19.6 Å². The van der Waals surface area contributed by atoms with Crippen molar-refractivity contribution in [3.05, 3.63) is 71.3 Å². The summed E-state index contributed by atoms with van der Waals surface area (Å²) < 4.78 is 8.67. The smallest absolute Gasteiger partial charge is 0.331 e. The van der Waals surface area contributed by atoms with E-state index in [9.17, 15) is 9.59 Å². The molecule has 156 valence electrons. The first-order valence-corrected chi connectivity index (χ1v) is 9.59. The minimum Gasteiger partial charge on any atom is -0.449 e. The van der Waals surface area contributed by atoms with E-state index in [2.05, 4.69) is 15.5 Å². The zero-order valence-corrected chi connectivity index (χ0v) is 17.5. The van der Waals surface area contributed by atoms with Gasteiger partial charge in [0.05, 0.1) is 29.8 Å². The van der Waals surface area contributed by atoms with E-state index >= 15 is 0 Å². The molecular formula is C22H25N5O3. The van der Waals surface area contributed by atoms with Crippen molar-refractivity contribution >= 4 is 23.6 Å². The number of nitrogens with one attached hydrogen (secondary N) is 1. The SMILES string of the molecule is Cc1nn(C)c(C)c1NC(=O)[C@H](C)OC(=O)/C=C/c1cnn(Cc2ccccc2)c1. The third-order valence-corrected chi connectivity index (χ3v) is 4.67. The Bertz CT molecular complexity index is 1070. The number of rotatable bonds is 7. The van der Waals surface area contributed by atoms with Crippen molar-refractivity contribution in [2.24, 2.45) is 7.05 Å². The molecule has 1 aromatic carbocycles. The lowest BCUT2D eigenvalue weighted by molar-refractivity contribution is -0.148. The van der Waals surface area contributed by atoms with Crippen LogP contribution in [-0.4, -0.2) is 37.5 Å². The van der Waals surface area contributed by atoms with Gasteiger partial charge in [0.2, 0.25) is 0 Å². The topological polar surface area (TPSA) is 91.0 Å². The number of aromatic nitrogens is 4. The summed E-state index contributed by atoms with van der Waals surface area (Å²) in [6, 6.07) is 9.96. The molecule has 2 aromatic heterocycles. The number of ether oxygens (including phenoxy) is 1. The van der Waals surface area contributed by atoms with Gasteiger partial charge in [0.1, 0.15) is 0 Å². The zero-order valence-electron chi connectivity index (χ0n) is 17.5. The molecule has 2 heterocycles. The Morgan fingerprint density at radius 1 is 1.23 bits per heavy atom. The summed E-state index contributed by atoms with van der Waals surface area (Å²) in [7, 11) is 1.80. The van der Waals surface area contributed by atoms with Crippen molar-refractivity contribution in [3.8, 4) is 0 Å². The highest BCUT2D eigenvalue weighted by atomic mass is 16.5. The molecule has 3 aromatic rings. The number of anilines is 1. The largest absolute Gasteiger partial charge is 0.449 e. The van der Waals surface area contributed by atoms with Gasteiger partial charge in [0.15, 0.2) is 6.10 Å². The van der Waals surface area contributed by atoms with E-state index in [4.69, 9.17) is 4.74 Å². The molecule has 0 saturated heterocycles. The van der Waals surface area contributed by atoms with Crippen LogP contribution in [0.15, 0.2) is 48.8 Å². The number of carbonyl (C=O) groups excluding carboxylic acids is 2. The Morgan fingerprint density at radius 2 is 1.97 bits per heavy atom. The average molecular weight is 407 g/mol. The molecule has 0 aliphatic rings. The number of amides is 1. The normalized spacial score (nSPS) is 12.1. The maximum absolute atomic E-state index is 12.3. The highest BCUT2D eigenvalue weighted by Gasteiger charge is 2.20. The Labute approximate surface area is 175 Å². The van der Waals surface area contributed by atoms with E-state index < -0.39 is 18.0 Å². The molecule has 3 rings (SSSR count). The van der Waals surface area contributed by atoms with Gasteiger partial charge >= 0.3 is 5.97 Å². The molecule has 1 N–H and O–H groups in total. The van der Waals surface area contributed by atoms with Crippen LogP contribution in [0, 0.1) is 13.8 Å².